The molecule has 0 atom stereocenters. The summed E-state index contributed by atoms with van der Waals surface area (Å²) in [5.74, 6) is 1.11. The van der Waals surface area contributed by atoms with E-state index in [2.05, 4.69) is 0 Å². The average molecular weight is 339 g/mol. The van der Waals surface area contributed by atoms with Crippen LogP contribution in [0, 0.1) is 13.8 Å². The van der Waals surface area contributed by atoms with Crippen LogP contribution in [0.1, 0.15) is 21.9 Å². The molecular weight excluding hydrogens is 322 g/mol. The molecule has 0 amide bonds. The average Bonchev–Trinajstić information content (AvgIpc) is 2.82. The number of furan rings is 1. The predicted octanol–water partition coefficient (Wildman–Crippen LogP) is 1.78. The van der Waals surface area contributed by atoms with Crippen LogP contribution in [0.3, 0.4) is 0 Å². The minimum atomic E-state index is -3.72. The molecule has 1 aromatic heterocycles. The maximum absolute atomic E-state index is 11.8. The second-order valence-corrected chi connectivity index (χ2v) is 6.39. The number of esters is 1. The lowest BCUT2D eigenvalue weighted by atomic mass is 10.2. The summed E-state index contributed by atoms with van der Waals surface area (Å²) in [6, 6.07) is 7.25. The zero-order chi connectivity index (χ0) is 17.0. The van der Waals surface area contributed by atoms with E-state index in [-0.39, 0.29) is 18.1 Å². The van der Waals surface area contributed by atoms with Crippen molar-refractivity contribution in [3.63, 3.8) is 0 Å². The summed E-state index contributed by atoms with van der Waals surface area (Å²) in [7, 11) is -3.72. The highest BCUT2D eigenvalue weighted by Crippen LogP contribution is 2.16. The van der Waals surface area contributed by atoms with Crippen LogP contribution in [0.4, 0.5) is 0 Å². The maximum Gasteiger partial charge on any atom is 0.341 e. The van der Waals surface area contributed by atoms with Gasteiger partial charge >= 0.3 is 5.97 Å². The lowest BCUT2D eigenvalue weighted by Crippen LogP contribution is -2.13. The molecular formula is C15H17NO6S. The number of aryl methyl sites for hydroxylation is 2. The van der Waals surface area contributed by atoms with Crippen LogP contribution in [0.25, 0.3) is 0 Å². The van der Waals surface area contributed by atoms with Crippen molar-refractivity contribution in [2.45, 2.75) is 18.7 Å². The maximum atomic E-state index is 11.8. The molecule has 0 aliphatic rings. The van der Waals surface area contributed by atoms with E-state index in [0.29, 0.717) is 22.8 Å². The number of nitrogens with two attached hydrogens (primary N) is 1. The first-order valence-corrected chi connectivity index (χ1v) is 8.32. The van der Waals surface area contributed by atoms with E-state index in [4.69, 9.17) is 19.0 Å². The monoisotopic (exact) mass is 339 g/mol. The van der Waals surface area contributed by atoms with Crippen molar-refractivity contribution in [2.24, 2.45) is 5.14 Å². The van der Waals surface area contributed by atoms with Crippen molar-refractivity contribution in [3.8, 4) is 5.75 Å². The third-order valence-electron chi connectivity index (χ3n) is 3.00. The number of hydrogen-bond acceptors (Lipinski definition) is 6. The first kappa shape index (κ1) is 17.0. The van der Waals surface area contributed by atoms with Gasteiger partial charge in [0.05, 0.1) is 4.90 Å². The van der Waals surface area contributed by atoms with Crippen LogP contribution in [0.2, 0.25) is 0 Å². The van der Waals surface area contributed by atoms with Crippen molar-refractivity contribution in [1.29, 1.82) is 0 Å². The Kier molecular flexibility index (Phi) is 5.07. The van der Waals surface area contributed by atoms with Gasteiger partial charge in [-0.05, 0) is 44.2 Å². The van der Waals surface area contributed by atoms with Gasteiger partial charge < -0.3 is 13.9 Å². The Balaban J connectivity index is 1.81. The lowest BCUT2D eigenvalue weighted by Gasteiger charge is -2.07. The molecule has 2 aromatic rings. The standard InChI is InChI=1S/C15H17NO6S/c1-10-9-14(11(2)22-10)15(17)21-8-7-20-12-3-5-13(6-4-12)23(16,18)19/h3-6,9H,7-8H2,1-2H3,(H2,16,18,19). The van der Waals surface area contributed by atoms with Gasteiger partial charge in [0.25, 0.3) is 0 Å². The van der Waals surface area contributed by atoms with Gasteiger partial charge in [0.15, 0.2) is 0 Å². The minimum absolute atomic E-state index is 0.00193. The van der Waals surface area contributed by atoms with E-state index < -0.39 is 16.0 Å². The Morgan fingerprint density at radius 1 is 1.17 bits per heavy atom. The fourth-order valence-corrected chi connectivity index (χ4v) is 2.45. The molecule has 2 N–H and O–H groups in total. The molecule has 124 valence electrons. The van der Waals surface area contributed by atoms with E-state index in [1.54, 1.807) is 19.9 Å². The zero-order valence-electron chi connectivity index (χ0n) is 12.7. The summed E-state index contributed by atoms with van der Waals surface area (Å²) in [5.41, 5.74) is 0.389. The highest BCUT2D eigenvalue weighted by molar-refractivity contribution is 7.89. The zero-order valence-corrected chi connectivity index (χ0v) is 13.6. The second-order valence-electron chi connectivity index (χ2n) is 4.83. The molecule has 1 heterocycles. The Labute approximate surface area is 134 Å². The Morgan fingerprint density at radius 2 is 1.83 bits per heavy atom. The fourth-order valence-electron chi connectivity index (χ4n) is 1.93. The number of carbonyl (C=O) groups excluding carboxylic acids is 1. The molecule has 0 bridgehead atoms. The van der Waals surface area contributed by atoms with Gasteiger partial charge in [0.2, 0.25) is 10.0 Å². The summed E-state index contributed by atoms with van der Waals surface area (Å²) in [6.07, 6.45) is 0. The largest absolute Gasteiger partial charge is 0.490 e. The summed E-state index contributed by atoms with van der Waals surface area (Å²) in [6.45, 7) is 3.63. The summed E-state index contributed by atoms with van der Waals surface area (Å²) in [5, 5.41) is 5.00. The van der Waals surface area contributed by atoms with Gasteiger partial charge in [-0.15, -0.1) is 0 Å². The molecule has 0 saturated carbocycles. The van der Waals surface area contributed by atoms with Crippen LogP contribution >= 0.6 is 0 Å². The Hall–Kier alpha value is -2.32. The highest BCUT2D eigenvalue weighted by Gasteiger charge is 2.14. The molecule has 7 nitrogen and oxygen atoms in total. The smallest absolute Gasteiger partial charge is 0.341 e. The van der Waals surface area contributed by atoms with Crippen molar-refractivity contribution >= 4 is 16.0 Å². The topological polar surface area (TPSA) is 109 Å². The van der Waals surface area contributed by atoms with Gasteiger partial charge in [-0.2, -0.15) is 0 Å². The van der Waals surface area contributed by atoms with Gasteiger partial charge in [-0.25, -0.2) is 18.4 Å². The summed E-state index contributed by atoms with van der Waals surface area (Å²) >= 11 is 0. The molecule has 0 saturated heterocycles. The van der Waals surface area contributed by atoms with Gasteiger partial charge in [0.1, 0.15) is 36.0 Å². The third-order valence-corrected chi connectivity index (χ3v) is 3.93. The SMILES string of the molecule is Cc1cc(C(=O)OCCOc2ccc(S(N)(=O)=O)cc2)c(C)o1. The van der Waals surface area contributed by atoms with E-state index in [1.165, 1.54) is 24.3 Å². The van der Waals surface area contributed by atoms with E-state index >= 15 is 0 Å². The van der Waals surface area contributed by atoms with Gasteiger partial charge in [-0.3, -0.25) is 0 Å². The molecule has 0 fully saturated rings. The minimum Gasteiger partial charge on any atom is -0.490 e. The first-order valence-electron chi connectivity index (χ1n) is 6.77. The van der Waals surface area contributed by atoms with Crippen LogP contribution in [0.15, 0.2) is 39.6 Å². The van der Waals surface area contributed by atoms with Crippen LogP contribution in [-0.2, 0) is 14.8 Å². The van der Waals surface area contributed by atoms with E-state index in [9.17, 15) is 13.2 Å². The van der Waals surface area contributed by atoms with Crippen molar-refractivity contribution < 1.29 is 27.1 Å². The Bertz CT molecular complexity index is 792. The molecule has 0 spiro atoms. The number of hydrogen-bond donors (Lipinski definition) is 1. The molecule has 23 heavy (non-hydrogen) atoms. The van der Waals surface area contributed by atoms with Crippen LogP contribution in [-0.4, -0.2) is 27.6 Å². The molecule has 8 heteroatoms. The normalized spacial score (nSPS) is 11.3. The number of benzene rings is 1. The highest BCUT2D eigenvalue weighted by atomic mass is 32.2. The number of carbonyl (C=O) groups is 1. The third kappa shape index (κ3) is 4.57. The number of primary sulfonamides is 1. The number of ether oxygens (including phenoxy) is 2. The molecule has 0 unspecified atom stereocenters. The van der Waals surface area contributed by atoms with Gasteiger partial charge in [0, 0.05) is 0 Å². The van der Waals surface area contributed by atoms with Crippen molar-refractivity contribution in [1.82, 2.24) is 0 Å². The number of sulfonamides is 1. The fraction of sp³-hybridized carbons (Fsp3) is 0.267. The molecule has 0 radical (unpaired) electrons. The molecule has 0 aliphatic carbocycles. The van der Waals surface area contributed by atoms with E-state index in [1.807, 2.05) is 0 Å². The van der Waals surface area contributed by atoms with Crippen LogP contribution < -0.4 is 9.88 Å². The van der Waals surface area contributed by atoms with Crippen molar-refractivity contribution in [3.05, 3.63) is 47.4 Å². The summed E-state index contributed by atoms with van der Waals surface area (Å²) < 4.78 is 37.9. The lowest BCUT2D eigenvalue weighted by molar-refractivity contribution is 0.0448. The van der Waals surface area contributed by atoms with Crippen LogP contribution in [0.5, 0.6) is 5.75 Å². The molecule has 0 aliphatic heterocycles. The summed E-state index contributed by atoms with van der Waals surface area (Å²) in [4.78, 5) is 11.8. The van der Waals surface area contributed by atoms with Gasteiger partial charge in [-0.1, -0.05) is 0 Å². The first-order chi connectivity index (χ1) is 10.8. The Morgan fingerprint density at radius 3 is 2.35 bits per heavy atom. The molecule has 2 rings (SSSR count). The second kappa shape index (κ2) is 6.84. The predicted molar refractivity (Wildman–Crippen MR) is 81.8 cm³/mol. The molecule has 1 aromatic carbocycles. The quantitative estimate of drug-likeness (QED) is 0.635. The van der Waals surface area contributed by atoms with Crippen molar-refractivity contribution in [2.75, 3.05) is 13.2 Å². The van der Waals surface area contributed by atoms with E-state index in [0.717, 1.165) is 0 Å². The number of rotatable bonds is 6.